The minimum Gasteiger partial charge on any atom is -0.491 e. The Labute approximate surface area is 204 Å². The number of piperidine rings is 1. The summed E-state index contributed by atoms with van der Waals surface area (Å²) in [6.45, 7) is 3.00. The topological polar surface area (TPSA) is 67.6 Å². The molecule has 0 aromatic heterocycles. The highest BCUT2D eigenvalue weighted by atomic mass is 35.5. The molecule has 0 radical (unpaired) electrons. The molecule has 1 heterocycles. The van der Waals surface area contributed by atoms with Crippen LogP contribution in [0.3, 0.4) is 0 Å². The van der Waals surface area contributed by atoms with Gasteiger partial charge in [-0.3, -0.25) is 4.79 Å². The Morgan fingerprint density at radius 1 is 1.24 bits per heavy atom. The van der Waals surface area contributed by atoms with Crippen LogP contribution in [0.1, 0.15) is 25.3 Å². The van der Waals surface area contributed by atoms with Crippen molar-refractivity contribution in [3.8, 4) is 5.75 Å². The molecule has 2 aromatic rings. The van der Waals surface area contributed by atoms with Gasteiger partial charge < -0.3 is 15.4 Å². The number of alkyl halides is 3. The number of para-hydroxylation sites is 1. The lowest BCUT2D eigenvalue weighted by molar-refractivity contribution is -0.139. The van der Waals surface area contributed by atoms with Crippen LogP contribution in [0.5, 0.6) is 5.75 Å². The number of carbonyl (C=O) groups excluding carboxylic acids is 1. The Morgan fingerprint density at radius 2 is 1.85 bits per heavy atom. The van der Waals surface area contributed by atoms with E-state index in [4.69, 9.17) is 33.7 Å². The minimum atomic E-state index is -4.57. The number of amides is 1. The molecule has 3 N–H and O–H groups in total. The molecule has 1 aliphatic rings. The van der Waals surface area contributed by atoms with Gasteiger partial charge in [0.25, 0.3) is 0 Å². The number of carbonyl (C=O) groups is 1. The summed E-state index contributed by atoms with van der Waals surface area (Å²) in [6.07, 6.45) is -2.84. The number of nitrogen functional groups attached to an aromatic ring is 1. The fourth-order valence-corrected chi connectivity index (χ4v) is 4.78. The monoisotopic (exact) mass is 521 g/mol. The summed E-state index contributed by atoms with van der Waals surface area (Å²) in [4.78, 5) is 15.5. The Bertz CT molecular complexity index is 963. The predicted molar refractivity (Wildman–Crippen MR) is 126 cm³/mol. The number of nitrogens with two attached hydrogens (primary N) is 1. The second kappa shape index (κ2) is 11.1. The van der Waals surface area contributed by atoms with Gasteiger partial charge in [0, 0.05) is 18.0 Å². The molecular weight excluding hydrogens is 498 g/mol. The molecule has 0 spiro atoms. The second-order valence-electron chi connectivity index (χ2n) is 7.89. The van der Waals surface area contributed by atoms with Crippen LogP contribution in [0.25, 0.3) is 0 Å². The van der Waals surface area contributed by atoms with Crippen LogP contribution in [0.15, 0.2) is 41.3 Å². The molecule has 5 nitrogen and oxygen atoms in total. The lowest BCUT2D eigenvalue weighted by Gasteiger charge is -2.33. The molecule has 1 fully saturated rings. The van der Waals surface area contributed by atoms with E-state index in [9.17, 15) is 18.0 Å². The van der Waals surface area contributed by atoms with Crippen LogP contribution in [0, 0.1) is 5.92 Å². The van der Waals surface area contributed by atoms with Crippen molar-refractivity contribution in [2.75, 3.05) is 25.4 Å². The third-order valence-corrected chi connectivity index (χ3v) is 6.86. The van der Waals surface area contributed by atoms with E-state index in [1.165, 1.54) is 18.2 Å². The number of nitrogens with zero attached hydrogens (tertiary/aromatic N) is 1. The molecular formula is C22H24Cl2F3N3O2S. The van der Waals surface area contributed by atoms with Gasteiger partial charge in [-0.2, -0.15) is 13.2 Å². The highest BCUT2D eigenvalue weighted by Crippen LogP contribution is 2.36. The summed E-state index contributed by atoms with van der Waals surface area (Å²) < 4.78 is 48.5. The number of likely N-dealkylation sites (tertiary alicyclic amines) is 1. The number of rotatable bonds is 7. The van der Waals surface area contributed by atoms with E-state index in [1.807, 2.05) is 0 Å². The molecule has 1 amide bonds. The summed E-state index contributed by atoms with van der Waals surface area (Å²) in [5.74, 6) is -0.0595. The molecule has 2 aromatic carbocycles. The fraction of sp³-hybridized carbons (Fsp3) is 0.409. The molecule has 11 heteroatoms. The van der Waals surface area contributed by atoms with Crippen LogP contribution in [0.2, 0.25) is 10.0 Å². The molecule has 1 aliphatic heterocycles. The zero-order valence-corrected chi connectivity index (χ0v) is 20.1. The Morgan fingerprint density at radius 3 is 2.45 bits per heavy atom. The molecule has 0 saturated carbocycles. The highest BCUT2D eigenvalue weighted by Gasteiger charge is 2.35. The number of hydrogen-bond donors (Lipinski definition) is 2. The average Bonchev–Trinajstić information content (AvgIpc) is 2.77. The van der Waals surface area contributed by atoms with Crippen LogP contribution >= 0.6 is 35.1 Å². The van der Waals surface area contributed by atoms with E-state index in [0.29, 0.717) is 23.9 Å². The maximum Gasteiger partial charge on any atom is 0.419 e. The van der Waals surface area contributed by atoms with Gasteiger partial charge in [-0.1, -0.05) is 42.3 Å². The normalized spacial score (nSPS) is 16.0. The van der Waals surface area contributed by atoms with Gasteiger partial charge in [0.15, 0.2) is 0 Å². The first-order valence-corrected chi connectivity index (χ1v) is 11.9. The van der Waals surface area contributed by atoms with Crippen molar-refractivity contribution in [1.82, 2.24) is 9.62 Å². The van der Waals surface area contributed by atoms with Gasteiger partial charge in [-0.25, -0.2) is 4.72 Å². The van der Waals surface area contributed by atoms with Crippen molar-refractivity contribution in [3.05, 3.63) is 52.0 Å². The number of halogens is 5. The van der Waals surface area contributed by atoms with Crippen molar-refractivity contribution in [2.24, 2.45) is 5.92 Å². The smallest absolute Gasteiger partial charge is 0.419 e. The first-order valence-electron chi connectivity index (χ1n) is 10.3. The third kappa shape index (κ3) is 6.85. The molecule has 0 aliphatic carbocycles. The first-order chi connectivity index (χ1) is 15.6. The molecule has 180 valence electrons. The summed E-state index contributed by atoms with van der Waals surface area (Å²) in [6, 6.07) is 7.19. The molecule has 0 bridgehead atoms. The van der Waals surface area contributed by atoms with Crippen LogP contribution < -0.4 is 15.2 Å². The quantitative estimate of drug-likeness (QED) is 0.350. The summed E-state index contributed by atoms with van der Waals surface area (Å²) >= 11 is 13.2. The SMILES string of the molecule is CC1CCN(C(=O)C(COc2ccccc2C(F)(F)F)NSc2cc(Cl)c(N)c(Cl)c2)CC1. The molecule has 1 unspecified atom stereocenters. The Balaban J connectivity index is 1.76. The lowest BCUT2D eigenvalue weighted by atomic mass is 9.99. The van der Waals surface area contributed by atoms with Gasteiger partial charge >= 0.3 is 6.18 Å². The van der Waals surface area contributed by atoms with Crippen LogP contribution in [0.4, 0.5) is 18.9 Å². The second-order valence-corrected chi connectivity index (χ2v) is 9.61. The highest BCUT2D eigenvalue weighted by molar-refractivity contribution is 7.97. The number of benzene rings is 2. The Hall–Kier alpha value is -1.81. The van der Waals surface area contributed by atoms with Crippen molar-refractivity contribution in [2.45, 2.75) is 36.9 Å². The summed E-state index contributed by atoms with van der Waals surface area (Å²) in [5, 5.41) is 0.519. The average molecular weight is 522 g/mol. The Kier molecular flexibility index (Phi) is 8.66. The fourth-order valence-electron chi connectivity index (χ4n) is 3.36. The van der Waals surface area contributed by atoms with E-state index in [1.54, 1.807) is 17.0 Å². The van der Waals surface area contributed by atoms with Crippen molar-refractivity contribution in [1.29, 1.82) is 0 Å². The largest absolute Gasteiger partial charge is 0.491 e. The predicted octanol–water partition coefficient (Wildman–Crippen LogP) is 5.90. The maximum atomic E-state index is 13.3. The van der Waals surface area contributed by atoms with E-state index < -0.39 is 17.8 Å². The van der Waals surface area contributed by atoms with Gasteiger partial charge in [-0.15, -0.1) is 0 Å². The molecule has 33 heavy (non-hydrogen) atoms. The molecule has 1 atom stereocenters. The first kappa shape index (κ1) is 25.8. The van der Waals surface area contributed by atoms with E-state index >= 15 is 0 Å². The minimum absolute atomic E-state index is 0.241. The number of anilines is 1. The molecule has 1 saturated heterocycles. The summed E-state index contributed by atoms with van der Waals surface area (Å²) in [7, 11) is 0. The van der Waals surface area contributed by atoms with Crippen molar-refractivity contribution < 1.29 is 22.7 Å². The zero-order chi connectivity index (χ0) is 24.2. The van der Waals surface area contributed by atoms with Crippen LogP contribution in [-0.4, -0.2) is 36.5 Å². The van der Waals surface area contributed by atoms with Gasteiger partial charge in [-0.05, 0) is 55.0 Å². The van der Waals surface area contributed by atoms with Gasteiger partial charge in [0.05, 0.1) is 21.3 Å². The van der Waals surface area contributed by atoms with Gasteiger partial charge in [0.1, 0.15) is 18.4 Å². The molecule has 3 rings (SSSR count). The van der Waals surface area contributed by atoms with Crippen molar-refractivity contribution >= 4 is 46.7 Å². The van der Waals surface area contributed by atoms with E-state index in [-0.39, 0.29) is 34.0 Å². The van der Waals surface area contributed by atoms with E-state index in [2.05, 4.69) is 11.6 Å². The van der Waals surface area contributed by atoms with Gasteiger partial charge in [0.2, 0.25) is 5.91 Å². The zero-order valence-electron chi connectivity index (χ0n) is 17.8. The lowest BCUT2D eigenvalue weighted by Crippen LogP contribution is -2.50. The van der Waals surface area contributed by atoms with Crippen molar-refractivity contribution in [3.63, 3.8) is 0 Å². The summed E-state index contributed by atoms with van der Waals surface area (Å²) in [5.41, 5.74) is 5.10. The standard InChI is InChI=1S/C22H24Cl2F3N3O2S/c1-13-6-8-30(9-7-13)21(31)18(29-33-14-10-16(23)20(28)17(24)11-14)12-32-19-5-3-2-4-15(19)22(25,26)27/h2-5,10-11,13,18,29H,6-9,12,28H2,1H3. The number of hydrogen-bond acceptors (Lipinski definition) is 5. The van der Waals surface area contributed by atoms with E-state index in [0.717, 1.165) is 30.9 Å². The third-order valence-electron chi connectivity index (χ3n) is 5.36. The number of ether oxygens (including phenoxy) is 1. The van der Waals surface area contributed by atoms with Crippen LogP contribution in [-0.2, 0) is 11.0 Å². The number of nitrogens with one attached hydrogen (secondary N) is 1. The maximum absolute atomic E-state index is 13.3.